The van der Waals surface area contributed by atoms with Crippen LogP contribution in [0.25, 0.3) is 0 Å². The molecule has 3 heterocycles. The molecule has 2 N–H and O–H groups in total. The van der Waals surface area contributed by atoms with Gasteiger partial charge in [0.25, 0.3) is 0 Å². The number of fused-ring (bicyclic) bond motifs is 1. The molecule has 1 aromatic carbocycles. The van der Waals surface area contributed by atoms with Crippen molar-refractivity contribution in [3.05, 3.63) is 61.2 Å². The fourth-order valence-corrected chi connectivity index (χ4v) is 7.61. The number of amides is 3. The first-order chi connectivity index (χ1) is 22.9. The number of aliphatic hydroxyl groups is 1. The van der Waals surface area contributed by atoms with Crippen molar-refractivity contribution in [2.24, 2.45) is 11.8 Å². The molecular formula is C37H53N3O8. The maximum Gasteiger partial charge on any atom is 0.313 e. The molecule has 0 saturated carbocycles. The number of nitrogens with zero attached hydrogens (tertiary/aromatic N) is 2. The molecule has 1 spiro atoms. The zero-order valence-electron chi connectivity index (χ0n) is 28.9. The highest BCUT2D eigenvalue weighted by molar-refractivity contribution is 5.98. The van der Waals surface area contributed by atoms with E-state index in [9.17, 15) is 24.3 Å². The molecule has 3 amide bonds. The van der Waals surface area contributed by atoms with Gasteiger partial charge in [0.2, 0.25) is 17.7 Å². The summed E-state index contributed by atoms with van der Waals surface area (Å²) in [5, 5.41) is 12.3. The average Bonchev–Trinajstić information content (AvgIpc) is 3.70. The molecule has 0 aromatic heterocycles. The molecule has 4 rings (SSSR count). The number of esters is 1. The number of methoxy groups -OCH3 is 1. The van der Waals surface area contributed by atoms with Crippen LogP contribution in [-0.2, 0) is 33.4 Å². The smallest absolute Gasteiger partial charge is 0.313 e. The van der Waals surface area contributed by atoms with Crippen LogP contribution in [0.15, 0.2) is 55.6 Å². The lowest BCUT2D eigenvalue weighted by Gasteiger charge is -2.42. The number of carbonyl (C=O) groups is 4. The molecule has 0 unspecified atom stereocenters. The largest absolute Gasteiger partial charge is 0.455 e. The van der Waals surface area contributed by atoms with E-state index in [2.05, 4.69) is 18.5 Å². The topological polar surface area (TPSA) is 135 Å². The van der Waals surface area contributed by atoms with Gasteiger partial charge in [-0.05, 0) is 64.9 Å². The molecule has 11 nitrogen and oxygen atoms in total. The van der Waals surface area contributed by atoms with Crippen LogP contribution < -0.4 is 5.32 Å². The molecule has 11 heteroatoms. The van der Waals surface area contributed by atoms with Gasteiger partial charge < -0.3 is 34.4 Å². The Morgan fingerprint density at radius 1 is 1.17 bits per heavy atom. The fourth-order valence-electron chi connectivity index (χ4n) is 7.61. The van der Waals surface area contributed by atoms with E-state index in [1.54, 1.807) is 22.0 Å². The Morgan fingerprint density at radius 3 is 2.52 bits per heavy atom. The number of hydrogen-bond acceptors (Lipinski definition) is 8. The Hall–Kier alpha value is -3.54. The van der Waals surface area contributed by atoms with Crippen molar-refractivity contribution in [3.63, 3.8) is 0 Å². The third-order valence-corrected chi connectivity index (χ3v) is 9.76. The van der Waals surface area contributed by atoms with E-state index in [1.807, 2.05) is 51.1 Å². The van der Waals surface area contributed by atoms with Crippen molar-refractivity contribution in [1.29, 1.82) is 0 Å². The summed E-state index contributed by atoms with van der Waals surface area (Å²) in [6.45, 7) is 14.1. The Morgan fingerprint density at radius 2 is 1.90 bits per heavy atom. The maximum atomic E-state index is 14.5. The number of allylic oxidation sites excluding steroid dienone is 1. The highest BCUT2D eigenvalue weighted by Gasteiger charge is 2.75. The summed E-state index contributed by atoms with van der Waals surface area (Å²) in [7, 11) is 1.51. The van der Waals surface area contributed by atoms with Crippen LogP contribution in [0.3, 0.4) is 0 Å². The number of hydrogen-bond donors (Lipinski definition) is 2. The number of benzene rings is 1. The average molecular weight is 668 g/mol. The molecule has 3 aliphatic rings. The van der Waals surface area contributed by atoms with Crippen molar-refractivity contribution in [2.45, 2.75) is 101 Å². The number of ether oxygens (including phenoxy) is 3. The van der Waals surface area contributed by atoms with E-state index < -0.39 is 53.2 Å². The van der Waals surface area contributed by atoms with E-state index in [0.29, 0.717) is 57.2 Å². The zero-order chi connectivity index (χ0) is 35.1. The second-order valence-corrected chi connectivity index (χ2v) is 14.0. The first-order valence-electron chi connectivity index (χ1n) is 17.1. The summed E-state index contributed by atoms with van der Waals surface area (Å²) in [6, 6.07) is 7.51. The van der Waals surface area contributed by atoms with Crippen LogP contribution in [0.1, 0.15) is 77.4 Å². The molecule has 3 saturated heterocycles. The number of carbonyl (C=O) groups excluding carboxylic acids is 4. The summed E-state index contributed by atoms with van der Waals surface area (Å²) in [4.78, 5) is 59.5. The van der Waals surface area contributed by atoms with Crippen LogP contribution >= 0.6 is 0 Å². The van der Waals surface area contributed by atoms with E-state index in [0.717, 1.165) is 0 Å². The number of rotatable bonds is 18. The summed E-state index contributed by atoms with van der Waals surface area (Å²) in [5.41, 5.74) is -1.08. The molecule has 48 heavy (non-hydrogen) atoms. The van der Waals surface area contributed by atoms with Gasteiger partial charge in [-0.1, -0.05) is 42.5 Å². The number of unbranched alkanes of at least 4 members (excludes halogenated alkanes) is 2. The predicted octanol–water partition coefficient (Wildman–Crippen LogP) is 3.72. The second kappa shape index (κ2) is 16.2. The van der Waals surface area contributed by atoms with E-state index in [4.69, 9.17) is 14.2 Å². The fraction of sp³-hybridized carbons (Fsp3) is 0.622. The number of nitrogens with one attached hydrogen (secondary N) is 1. The molecule has 0 aliphatic carbocycles. The van der Waals surface area contributed by atoms with Crippen molar-refractivity contribution >= 4 is 23.7 Å². The highest BCUT2D eigenvalue weighted by Crippen LogP contribution is 2.59. The lowest BCUT2D eigenvalue weighted by atomic mass is 9.70. The first-order valence-corrected chi connectivity index (χ1v) is 17.1. The van der Waals surface area contributed by atoms with Crippen molar-refractivity contribution in [2.75, 3.05) is 33.4 Å². The van der Waals surface area contributed by atoms with E-state index in [-0.39, 0.29) is 37.4 Å². The minimum absolute atomic E-state index is 0.0417. The van der Waals surface area contributed by atoms with Crippen LogP contribution in [0.2, 0.25) is 0 Å². The van der Waals surface area contributed by atoms with Gasteiger partial charge in [0.15, 0.2) is 0 Å². The zero-order valence-corrected chi connectivity index (χ0v) is 28.9. The minimum Gasteiger partial charge on any atom is -0.455 e. The molecule has 264 valence electrons. The summed E-state index contributed by atoms with van der Waals surface area (Å²) in [5.74, 6) is -3.21. The molecular weight excluding hydrogens is 614 g/mol. The molecule has 0 radical (unpaired) electrons. The Labute approximate surface area is 284 Å². The van der Waals surface area contributed by atoms with Gasteiger partial charge in [0, 0.05) is 38.8 Å². The molecule has 3 aliphatic heterocycles. The lowest BCUT2D eigenvalue weighted by molar-refractivity contribution is -0.163. The Balaban J connectivity index is 1.69. The second-order valence-electron chi connectivity index (χ2n) is 14.0. The maximum absolute atomic E-state index is 14.5. The summed E-state index contributed by atoms with van der Waals surface area (Å²) in [6.07, 6.45) is 5.35. The van der Waals surface area contributed by atoms with Gasteiger partial charge in [0.1, 0.15) is 17.7 Å². The minimum atomic E-state index is -1.18. The summed E-state index contributed by atoms with van der Waals surface area (Å²) < 4.78 is 18.4. The first kappa shape index (κ1) is 37.3. The monoisotopic (exact) mass is 667 g/mol. The third-order valence-electron chi connectivity index (χ3n) is 9.76. The van der Waals surface area contributed by atoms with Gasteiger partial charge >= 0.3 is 5.97 Å². The molecule has 3 fully saturated rings. The Bertz CT molecular complexity index is 1310. The lowest BCUT2D eigenvalue weighted by Crippen LogP contribution is -2.59. The van der Waals surface area contributed by atoms with Crippen molar-refractivity contribution in [3.8, 4) is 0 Å². The molecule has 2 bridgehead atoms. The van der Waals surface area contributed by atoms with Crippen molar-refractivity contribution < 1.29 is 38.5 Å². The van der Waals surface area contributed by atoms with Crippen LogP contribution in [0.4, 0.5) is 0 Å². The van der Waals surface area contributed by atoms with Crippen LogP contribution in [-0.4, -0.2) is 101 Å². The quantitative estimate of drug-likeness (QED) is 0.138. The highest BCUT2D eigenvalue weighted by atomic mass is 16.6. The molecule has 7 atom stereocenters. The standard InChI is InChI=1S/C37H53N3O8/c1-7-9-18-28(42)38-26(24-46-6)31(25-16-12-10-13-17-25)47-35(45)29-27-19-20-37(48-27)30(29)33(43)39(22-14-11-15-23-41)32(37)34(44)40(21-8-2)36(3,4)5/h7-8,10,12-13,16-17,26-27,29-32,41H,1-2,9,11,14-15,18-24H2,3-6H3,(H,38,42)/t26-,27-,29+,30+,31-,32-,37+/m1/s1. The van der Waals surface area contributed by atoms with Gasteiger partial charge in [-0.25, -0.2) is 0 Å². The van der Waals surface area contributed by atoms with Gasteiger partial charge in [-0.15, -0.1) is 13.2 Å². The number of likely N-dealkylation sites (tertiary alicyclic amines) is 1. The normalized spacial score (nSPS) is 25.7. The van der Waals surface area contributed by atoms with Crippen LogP contribution in [0.5, 0.6) is 0 Å². The predicted molar refractivity (Wildman–Crippen MR) is 180 cm³/mol. The van der Waals surface area contributed by atoms with Gasteiger partial charge in [-0.2, -0.15) is 0 Å². The van der Waals surface area contributed by atoms with Crippen LogP contribution in [0, 0.1) is 11.8 Å². The molecule has 1 aromatic rings. The van der Waals surface area contributed by atoms with E-state index >= 15 is 0 Å². The van der Waals surface area contributed by atoms with E-state index in [1.165, 1.54) is 7.11 Å². The third kappa shape index (κ3) is 7.68. The van der Waals surface area contributed by atoms with Gasteiger partial charge in [0.05, 0.1) is 30.6 Å². The number of aliphatic hydroxyl groups excluding tert-OH is 1. The SMILES string of the molecule is C=CCCC(=O)N[C@H](COC)[C@H](OC(=O)[C@@H]1[C@H]2C(=O)N(CCCCCO)[C@H](C(=O)N(CC=C)C(C)(C)C)[C@]23CC[C@H]1O3)c1ccccc1. The van der Waals surface area contributed by atoms with Crippen molar-refractivity contribution in [1.82, 2.24) is 15.1 Å². The van der Waals surface area contributed by atoms with Gasteiger partial charge in [-0.3, -0.25) is 19.2 Å². The Kier molecular flexibility index (Phi) is 12.6. The summed E-state index contributed by atoms with van der Waals surface area (Å²) >= 11 is 0.